The Bertz CT molecular complexity index is 893. The topological polar surface area (TPSA) is 97.2 Å². The van der Waals surface area contributed by atoms with E-state index < -0.39 is 11.5 Å². The van der Waals surface area contributed by atoms with Crippen molar-refractivity contribution in [1.29, 1.82) is 0 Å². The Morgan fingerprint density at radius 3 is 2.87 bits per heavy atom. The number of aromatic nitrogens is 3. The van der Waals surface area contributed by atoms with Gasteiger partial charge in [-0.1, -0.05) is 12.1 Å². The number of carbonyl (C=O) groups is 1. The van der Waals surface area contributed by atoms with Crippen molar-refractivity contribution in [1.82, 2.24) is 14.5 Å². The number of para-hydroxylation sites is 2. The summed E-state index contributed by atoms with van der Waals surface area (Å²) in [6.07, 6.45) is 1.19. The zero-order valence-corrected chi connectivity index (χ0v) is 12.4. The van der Waals surface area contributed by atoms with Crippen LogP contribution in [-0.2, 0) is 22.5 Å². The van der Waals surface area contributed by atoms with Crippen LogP contribution in [0.4, 0.5) is 0 Å². The normalized spacial score (nSPS) is 10.8. The number of benzene rings is 1. The van der Waals surface area contributed by atoms with Gasteiger partial charge in [-0.2, -0.15) is 0 Å². The van der Waals surface area contributed by atoms with Crippen molar-refractivity contribution in [3.8, 4) is 5.75 Å². The standard InChI is InChI=1S/C16H15N3O4/c1-23-15(21)8-10-13(20)6-7-19(16(10)22)9-14-17-11-4-2-3-5-12(11)18-14/h2-7,20H,8-9H2,1H3,(H,17,18). The fourth-order valence-corrected chi connectivity index (χ4v) is 2.36. The van der Waals surface area contributed by atoms with Crippen LogP contribution in [0.15, 0.2) is 41.3 Å². The lowest BCUT2D eigenvalue weighted by molar-refractivity contribution is -0.139. The highest BCUT2D eigenvalue weighted by Gasteiger charge is 2.15. The number of aromatic amines is 1. The number of aromatic hydroxyl groups is 1. The van der Waals surface area contributed by atoms with E-state index in [-0.39, 0.29) is 24.3 Å². The third kappa shape index (κ3) is 2.94. The second kappa shape index (κ2) is 5.96. The van der Waals surface area contributed by atoms with E-state index in [0.29, 0.717) is 5.82 Å². The number of nitrogens with zero attached hydrogens (tertiary/aromatic N) is 2. The molecule has 7 nitrogen and oxygen atoms in total. The van der Waals surface area contributed by atoms with Crippen molar-refractivity contribution in [2.45, 2.75) is 13.0 Å². The largest absolute Gasteiger partial charge is 0.507 e. The van der Waals surface area contributed by atoms with Gasteiger partial charge in [0.1, 0.15) is 11.6 Å². The average molecular weight is 313 g/mol. The number of rotatable bonds is 4. The molecule has 0 atom stereocenters. The minimum atomic E-state index is -0.584. The lowest BCUT2D eigenvalue weighted by Crippen LogP contribution is -2.26. The second-order valence-electron chi connectivity index (χ2n) is 5.07. The number of carbonyl (C=O) groups excluding carboxylic acids is 1. The van der Waals surface area contributed by atoms with Gasteiger partial charge in [0.05, 0.1) is 36.7 Å². The highest BCUT2D eigenvalue weighted by atomic mass is 16.5. The van der Waals surface area contributed by atoms with Crippen LogP contribution in [0.25, 0.3) is 11.0 Å². The van der Waals surface area contributed by atoms with Crippen molar-refractivity contribution in [3.63, 3.8) is 0 Å². The predicted molar refractivity (Wildman–Crippen MR) is 83.3 cm³/mol. The predicted octanol–water partition coefficient (Wildman–Crippen LogP) is 1.19. The Hall–Kier alpha value is -3.09. The van der Waals surface area contributed by atoms with E-state index >= 15 is 0 Å². The van der Waals surface area contributed by atoms with Gasteiger partial charge in [0.25, 0.3) is 5.56 Å². The van der Waals surface area contributed by atoms with Crippen LogP contribution in [0.1, 0.15) is 11.4 Å². The first kappa shape index (κ1) is 14.8. The summed E-state index contributed by atoms with van der Waals surface area (Å²) < 4.78 is 5.93. The van der Waals surface area contributed by atoms with Gasteiger partial charge in [-0.25, -0.2) is 4.98 Å². The number of ether oxygens (including phenoxy) is 1. The lowest BCUT2D eigenvalue weighted by Gasteiger charge is -2.08. The first-order valence-electron chi connectivity index (χ1n) is 7.00. The fourth-order valence-electron chi connectivity index (χ4n) is 2.36. The highest BCUT2D eigenvalue weighted by molar-refractivity contribution is 5.74. The van der Waals surface area contributed by atoms with Crippen molar-refractivity contribution < 1.29 is 14.6 Å². The molecule has 7 heteroatoms. The third-order valence-corrected chi connectivity index (χ3v) is 3.55. The molecule has 0 aliphatic rings. The van der Waals surface area contributed by atoms with Gasteiger partial charge in [0.2, 0.25) is 0 Å². The zero-order valence-electron chi connectivity index (χ0n) is 12.4. The molecule has 23 heavy (non-hydrogen) atoms. The molecule has 0 bridgehead atoms. The molecule has 3 aromatic rings. The number of fused-ring (bicyclic) bond motifs is 1. The van der Waals surface area contributed by atoms with E-state index in [0.717, 1.165) is 11.0 Å². The number of hydrogen-bond donors (Lipinski definition) is 2. The number of nitrogens with one attached hydrogen (secondary N) is 1. The molecule has 3 rings (SSSR count). The Labute approximate surface area is 131 Å². The first-order chi connectivity index (χ1) is 11.1. The number of H-pyrrole nitrogens is 1. The molecule has 2 heterocycles. The molecule has 0 saturated heterocycles. The van der Waals surface area contributed by atoms with Gasteiger partial charge < -0.3 is 19.4 Å². The van der Waals surface area contributed by atoms with E-state index in [2.05, 4.69) is 14.7 Å². The summed E-state index contributed by atoms with van der Waals surface area (Å²) in [5.74, 6) is -0.192. The van der Waals surface area contributed by atoms with Gasteiger partial charge in [0.15, 0.2) is 0 Å². The van der Waals surface area contributed by atoms with Crippen LogP contribution in [-0.4, -0.2) is 32.7 Å². The number of methoxy groups -OCH3 is 1. The van der Waals surface area contributed by atoms with Crippen LogP contribution in [0, 0.1) is 0 Å². The van der Waals surface area contributed by atoms with Crippen LogP contribution in [0.3, 0.4) is 0 Å². The van der Waals surface area contributed by atoms with E-state index in [1.54, 1.807) is 0 Å². The minimum absolute atomic E-state index is 0.00969. The van der Waals surface area contributed by atoms with Crippen molar-refractivity contribution >= 4 is 17.0 Å². The van der Waals surface area contributed by atoms with Crippen LogP contribution in [0.2, 0.25) is 0 Å². The molecule has 0 radical (unpaired) electrons. The minimum Gasteiger partial charge on any atom is -0.507 e. The molecule has 1 aromatic carbocycles. The van der Waals surface area contributed by atoms with Crippen molar-refractivity contribution in [2.75, 3.05) is 7.11 Å². The number of imidazole rings is 1. The van der Waals surface area contributed by atoms with Gasteiger partial charge >= 0.3 is 5.97 Å². The summed E-state index contributed by atoms with van der Waals surface area (Å²) in [7, 11) is 1.23. The number of hydrogen-bond acceptors (Lipinski definition) is 5. The Balaban J connectivity index is 1.95. The van der Waals surface area contributed by atoms with Gasteiger partial charge in [-0.3, -0.25) is 9.59 Å². The summed E-state index contributed by atoms with van der Waals surface area (Å²) in [4.78, 5) is 31.3. The molecule has 0 aliphatic carbocycles. The molecule has 2 aromatic heterocycles. The summed E-state index contributed by atoms with van der Waals surface area (Å²) in [6.45, 7) is 0.210. The third-order valence-electron chi connectivity index (χ3n) is 3.55. The van der Waals surface area contributed by atoms with Crippen molar-refractivity contribution in [2.24, 2.45) is 0 Å². The quantitative estimate of drug-likeness (QED) is 0.705. The maximum atomic E-state index is 12.4. The molecular weight excluding hydrogens is 298 g/mol. The molecule has 0 saturated carbocycles. The molecule has 0 aliphatic heterocycles. The van der Waals surface area contributed by atoms with Crippen LogP contribution in [0.5, 0.6) is 5.75 Å². The molecule has 0 fully saturated rings. The number of pyridine rings is 1. The Kier molecular flexibility index (Phi) is 3.84. The summed E-state index contributed by atoms with van der Waals surface area (Å²) in [6, 6.07) is 8.92. The molecule has 118 valence electrons. The summed E-state index contributed by atoms with van der Waals surface area (Å²) in [5, 5.41) is 9.80. The van der Waals surface area contributed by atoms with E-state index in [9.17, 15) is 14.7 Å². The maximum absolute atomic E-state index is 12.4. The Morgan fingerprint density at radius 1 is 1.35 bits per heavy atom. The average Bonchev–Trinajstić information content (AvgIpc) is 2.96. The first-order valence-corrected chi connectivity index (χ1v) is 7.00. The zero-order chi connectivity index (χ0) is 16.4. The van der Waals surface area contributed by atoms with Gasteiger partial charge in [0, 0.05) is 6.20 Å². The van der Waals surface area contributed by atoms with Crippen LogP contribution < -0.4 is 5.56 Å². The van der Waals surface area contributed by atoms with Crippen molar-refractivity contribution in [3.05, 3.63) is 58.3 Å². The lowest BCUT2D eigenvalue weighted by atomic mass is 10.2. The van der Waals surface area contributed by atoms with Gasteiger partial charge in [-0.15, -0.1) is 0 Å². The Morgan fingerprint density at radius 2 is 2.13 bits per heavy atom. The fraction of sp³-hybridized carbons (Fsp3) is 0.188. The second-order valence-corrected chi connectivity index (χ2v) is 5.07. The molecule has 0 amide bonds. The smallest absolute Gasteiger partial charge is 0.310 e. The molecule has 2 N–H and O–H groups in total. The van der Waals surface area contributed by atoms with E-state index in [4.69, 9.17) is 0 Å². The molecule has 0 unspecified atom stereocenters. The summed E-state index contributed by atoms with van der Waals surface area (Å²) in [5.41, 5.74) is 1.25. The van der Waals surface area contributed by atoms with E-state index in [1.165, 1.54) is 23.9 Å². The highest BCUT2D eigenvalue weighted by Crippen LogP contribution is 2.14. The number of esters is 1. The van der Waals surface area contributed by atoms with E-state index in [1.807, 2.05) is 24.3 Å². The SMILES string of the molecule is COC(=O)Cc1c(O)ccn(Cc2nc3ccccc3[nH]2)c1=O. The maximum Gasteiger partial charge on any atom is 0.310 e. The molecule has 0 spiro atoms. The monoisotopic (exact) mass is 313 g/mol. The summed E-state index contributed by atoms with van der Waals surface area (Å²) >= 11 is 0. The molecular formula is C16H15N3O4. The van der Waals surface area contributed by atoms with Crippen LogP contribution >= 0.6 is 0 Å². The van der Waals surface area contributed by atoms with Gasteiger partial charge in [-0.05, 0) is 18.2 Å².